The molecule has 0 aliphatic heterocycles. The van der Waals surface area contributed by atoms with E-state index in [2.05, 4.69) is 15.3 Å². The van der Waals surface area contributed by atoms with E-state index >= 15 is 0 Å². The van der Waals surface area contributed by atoms with Crippen molar-refractivity contribution in [3.63, 3.8) is 0 Å². The number of aryl methyl sites for hydroxylation is 1. The zero-order chi connectivity index (χ0) is 21.3. The number of aromatic nitrogens is 3. The number of nitrogens with zero attached hydrogens (tertiary/aromatic N) is 3. The molecule has 6 nitrogen and oxygen atoms in total. The van der Waals surface area contributed by atoms with Crippen molar-refractivity contribution in [3.8, 4) is 17.1 Å². The van der Waals surface area contributed by atoms with Gasteiger partial charge < -0.3 is 0 Å². The Hall–Kier alpha value is -3.29. The fourth-order valence-corrected chi connectivity index (χ4v) is 3.89. The molecule has 0 saturated heterocycles. The SMILES string of the molecule is Cc1cccnc1-c1csc(NC(=O)c2ccc(=O)n(-c3cccc(Cl)c3C)c2)n1. The molecular formula is C22H17ClN4O2S. The van der Waals surface area contributed by atoms with Crippen molar-refractivity contribution in [1.29, 1.82) is 0 Å². The van der Waals surface area contributed by atoms with E-state index in [1.165, 1.54) is 34.2 Å². The lowest BCUT2D eigenvalue weighted by atomic mass is 10.2. The van der Waals surface area contributed by atoms with Crippen molar-refractivity contribution in [1.82, 2.24) is 14.5 Å². The highest BCUT2D eigenvalue weighted by molar-refractivity contribution is 7.14. The number of carbonyl (C=O) groups is 1. The smallest absolute Gasteiger partial charge is 0.258 e. The van der Waals surface area contributed by atoms with Crippen LogP contribution in [0.25, 0.3) is 17.1 Å². The van der Waals surface area contributed by atoms with Crippen LogP contribution < -0.4 is 10.9 Å². The molecular weight excluding hydrogens is 420 g/mol. The van der Waals surface area contributed by atoms with Crippen molar-refractivity contribution >= 4 is 34.0 Å². The van der Waals surface area contributed by atoms with Gasteiger partial charge in [-0.1, -0.05) is 23.7 Å². The lowest BCUT2D eigenvalue weighted by Gasteiger charge is -2.11. The highest BCUT2D eigenvalue weighted by Gasteiger charge is 2.14. The molecule has 0 bridgehead atoms. The van der Waals surface area contributed by atoms with Crippen LogP contribution in [0.15, 0.2) is 65.0 Å². The van der Waals surface area contributed by atoms with E-state index in [0.717, 1.165) is 16.8 Å². The highest BCUT2D eigenvalue weighted by atomic mass is 35.5. The van der Waals surface area contributed by atoms with Gasteiger partial charge in [-0.2, -0.15) is 0 Å². The molecule has 0 atom stereocenters. The monoisotopic (exact) mass is 436 g/mol. The van der Waals surface area contributed by atoms with Crippen LogP contribution in [0.2, 0.25) is 5.02 Å². The molecule has 30 heavy (non-hydrogen) atoms. The fraction of sp³-hybridized carbons (Fsp3) is 0.0909. The summed E-state index contributed by atoms with van der Waals surface area (Å²) in [6, 6.07) is 12.0. The molecule has 0 unspecified atom stereocenters. The summed E-state index contributed by atoms with van der Waals surface area (Å²) in [4.78, 5) is 34.0. The first-order chi connectivity index (χ1) is 14.4. The van der Waals surface area contributed by atoms with E-state index in [-0.39, 0.29) is 11.5 Å². The Morgan fingerprint density at radius 1 is 1.13 bits per heavy atom. The predicted octanol–water partition coefficient (Wildman–Crippen LogP) is 4.88. The van der Waals surface area contributed by atoms with E-state index in [9.17, 15) is 9.59 Å². The third-order valence-corrected chi connectivity index (χ3v) is 5.82. The normalized spacial score (nSPS) is 10.8. The van der Waals surface area contributed by atoms with Gasteiger partial charge in [0.05, 0.1) is 16.9 Å². The summed E-state index contributed by atoms with van der Waals surface area (Å²) < 4.78 is 1.42. The van der Waals surface area contributed by atoms with Gasteiger partial charge in [-0.3, -0.25) is 24.5 Å². The lowest BCUT2D eigenvalue weighted by Crippen LogP contribution is -2.21. The van der Waals surface area contributed by atoms with Crippen LogP contribution in [0.1, 0.15) is 21.5 Å². The molecule has 0 saturated carbocycles. The van der Waals surface area contributed by atoms with Crippen LogP contribution in [-0.4, -0.2) is 20.4 Å². The lowest BCUT2D eigenvalue weighted by molar-refractivity contribution is 0.102. The minimum atomic E-state index is -0.359. The molecule has 1 amide bonds. The molecule has 0 aliphatic rings. The molecule has 1 aromatic carbocycles. The van der Waals surface area contributed by atoms with Gasteiger partial charge in [0.1, 0.15) is 5.69 Å². The van der Waals surface area contributed by atoms with Gasteiger partial charge in [-0.25, -0.2) is 4.98 Å². The number of nitrogens with one attached hydrogen (secondary N) is 1. The number of amides is 1. The zero-order valence-corrected chi connectivity index (χ0v) is 17.8. The van der Waals surface area contributed by atoms with Gasteiger partial charge in [0, 0.05) is 28.9 Å². The van der Waals surface area contributed by atoms with Crippen molar-refractivity contribution < 1.29 is 4.79 Å². The van der Waals surface area contributed by atoms with Crippen LogP contribution in [0, 0.1) is 13.8 Å². The third kappa shape index (κ3) is 3.90. The maximum Gasteiger partial charge on any atom is 0.258 e. The summed E-state index contributed by atoms with van der Waals surface area (Å²) in [6.07, 6.45) is 3.22. The molecule has 4 rings (SSSR count). The maximum atomic E-state index is 12.8. The van der Waals surface area contributed by atoms with E-state index < -0.39 is 0 Å². The number of rotatable bonds is 4. The molecule has 4 aromatic rings. The number of benzene rings is 1. The van der Waals surface area contributed by atoms with Gasteiger partial charge in [-0.05, 0) is 49.2 Å². The van der Waals surface area contributed by atoms with E-state index in [1.54, 1.807) is 24.4 Å². The van der Waals surface area contributed by atoms with E-state index in [1.807, 2.05) is 31.4 Å². The summed E-state index contributed by atoms with van der Waals surface area (Å²) in [5.41, 5.74) is 3.95. The molecule has 1 N–H and O–H groups in total. The average Bonchev–Trinajstić information content (AvgIpc) is 3.19. The van der Waals surface area contributed by atoms with E-state index in [4.69, 9.17) is 11.6 Å². The Morgan fingerprint density at radius 2 is 1.97 bits per heavy atom. The summed E-state index contributed by atoms with van der Waals surface area (Å²) in [5.74, 6) is -0.359. The Kier molecular flexibility index (Phi) is 5.48. The number of hydrogen-bond acceptors (Lipinski definition) is 5. The molecule has 0 fully saturated rings. The summed E-state index contributed by atoms with van der Waals surface area (Å²) in [5, 5.41) is 5.65. The molecule has 0 radical (unpaired) electrons. The number of thiazole rings is 1. The van der Waals surface area contributed by atoms with Crippen LogP contribution in [0.3, 0.4) is 0 Å². The average molecular weight is 437 g/mol. The van der Waals surface area contributed by atoms with Gasteiger partial charge >= 0.3 is 0 Å². The largest absolute Gasteiger partial charge is 0.298 e. The van der Waals surface area contributed by atoms with Gasteiger partial charge in [0.2, 0.25) is 0 Å². The number of halogens is 1. The Balaban J connectivity index is 1.62. The molecule has 0 aliphatic carbocycles. The maximum absolute atomic E-state index is 12.8. The third-order valence-electron chi connectivity index (χ3n) is 4.65. The number of carbonyl (C=O) groups excluding carboxylic acids is 1. The molecule has 8 heteroatoms. The van der Waals surface area contributed by atoms with Crippen LogP contribution in [0.5, 0.6) is 0 Å². The Bertz CT molecular complexity index is 1310. The predicted molar refractivity (Wildman–Crippen MR) is 120 cm³/mol. The first-order valence-electron chi connectivity index (χ1n) is 9.11. The van der Waals surface area contributed by atoms with Crippen molar-refractivity contribution in [2.75, 3.05) is 5.32 Å². The standard InChI is InChI=1S/C22H17ClN4O2S/c1-13-5-4-10-24-20(13)17-12-30-22(25-17)26-21(29)15-8-9-19(28)27(11-15)18-7-3-6-16(23)14(18)2/h3-12H,1-2H3,(H,25,26,29). The molecule has 3 heterocycles. The fourth-order valence-electron chi connectivity index (χ4n) is 3.03. The van der Waals surface area contributed by atoms with Crippen molar-refractivity contribution in [2.45, 2.75) is 13.8 Å². The quantitative estimate of drug-likeness (QED) is 0.494. The number of anilines is 1. The van der Waals surface area contributed by atoms with Crippen molar-refractivity contribution in [3.05, 3.63) is 92.3 Å². The molecule has 3 aromatic heterocycles. The first-order valence-corrected chi connectivity index (χ1v) is 10.4. The summed E-state index contributed by atoms with van der Waals surface area (Å²) >= 11 is 7.50. The molecule has 0 spiro atoms. The van der Waals surface area contributed by atoms with Crippen LogP contribution in [0.4, 0.5) is 5.13 Å². The summed E-state index contributed by atoms with van der Waals surface area (Å²) in [6.45, 7) is 3.79. The minimum absolute atomic E-state index is 0.251. The topological polar surface area (TPSA) is 76.9 Å². The van der Waals surface area contributed by atoms with Gasteiger partial charge in [0.15, 0.2) is 5.13 Å². The second-order valence-electron chi connectivity index (χ2n) is 6.67. The molecule has 150 valence electrons. The first kappa shape index (κ1) is 20.0. The highest BCUT2D eigenvalue weighted by Crippen LogP contribution is 2.26. The second kappa shape index (κ2) is 8.22. The second-order valence-corrected chi connectivity index (χ2v) is 7.94. The van der Waals surface area contributed by atoms with Crippen LogP contribution >= 0.6 is 22.9 Å². The van der Waals surface area contributed by atoms with E-state index in [0.29, 0.717) is 27.1 Å². The van der Waals surface area contributed by atoms with Gasteiger partial charge in [-0.15, -0.1) is 11.3 Å². The van der Waals surface area contributed by atoms with Gasteiger partial charge in [0.25, 0.3) is 11.5 Å². The van der Waals surface area contributed by atoms with Crippen LogP contribution in [-0.2, 0) is 0 Å². The number of hydrogen-bond donors (Lipinski definition) is 1. The van der Waals surface area contributed by atoms with Crippen molar-refractivity contribution in [2.24, 2.45) is 0 Å². The number of pyridine rings is 2. The Morgan fingerprint density at radius 3 is 2.77 bits per heavy atom. The minimum Gasteiger partial charge on any atom is -0.298 e. The summed E-state index contributed by atoms with van der Waals surface area (Å²) in [7, 11) is 0. The zero-order valence-electron chi connectivity index (χ0n) is 16.2. The Labute approximate surface area is 181 Å².